The van der Waals surface area contributed by atoms with Gasteiger partial charge in [-0.1, -0.05) is 12.1 Å². The molecule has 3 heterocycles. The van der Waals surface area contributed by atoms with E-state index >= 15 is 0 Å². The van der Waals surface area contributed by atoms with Crippen LogP contribution in [0.25, 0.3) is 10.9 Å². The van der Waals surface area contributed by atoms with E-state index < -0.39 is 0 Å². The van der Waals surface area contributed by atoms with Crippen LogP contribution in [0.4, 0.5) is 0 Å². The van der Waals surface area contributed by atoms with Crippen LogP contribution in [0.3, 0.4) is 0 Å². The van der Waals surface area contributed by atoms with Gasteiger partial charge in [-0.3, -0.25) is 14.3 Å². The molecule has 8 heteroatoms. The largest absolute Gasteiger partial charge is 0.491 e. The van der Waals surface area contributed by atoms with E-state index in [-0.39, 0.29) is 17.7 Å². The lowest BCUT2D eigenvalue weighted by atomic mass is 9.88. The van der Waals surface area contributed by atoms with Gasteiger partial charge in [-0.2, -0.15) is 5.10 Å². The van der Waals surface area contributed by atoms with Crippen LogP contribution in [0, 0.1) is 0 Å². The SMILES string of the molecule is CNC(=O)c1cc(C(=O)NCCc2cnn(C)c2)cc2c1OC[C@@H]2c1cccc2[nH]ccc12. The van der Waals surface area contributed by atoms with Crippen molar-refractivity contribution in [1.82, 2.24) is 25.4 Å². The molecule has 33 heavy (non-hydrogen) atoms. The van der Waals surface area contributed by atoms with Crippen LogP contribution >= 0.6 is 0 Å². The second-order valence-corrected chi connectivity index (χ2v) is 8.20. The number of aromatic amines is 1. The summed E-state index contributed by atoms with van der Waals surface area (Å²) in [5.74, 6) is -0.0426. The van der Waals surface area contributed by atoms with Gasteiger partial charge in [-0.25, -0.2) is 0 Å². The van der Waals surface area contributed by atoms with Crippen LogP contribution < -0.4 is 15.4 Å². The third-order valence-electron chi connectivity index (χ3n) is 6.08. The highest BCUT2D eigenvalue weighted by molar-refractivity contribution is 6.02. The number of nitrogens with zero attached hydrogens (tertiary/aromatic N) is 2. The number of carbonyl (C=O) groups is 2. The molecular weight excluding hydrogens is 418 g/mol. The van der Waals surface area contributed by atoms with Crippen LogP contribution in [-0.4, -0.2) is 46.8 Å². The summed E-state index contributed by atoms with van der Waals surface area (Å²) in [6, 6.07) is 11.6. The number of benzene rings is 2. The molecule has 1 aliphatic rings. The summed E-state index contributed by atoms with van der Waals surface area (Å²) in [5, 5.41) is 10.9. The molecule has 168 valence electrons. The third-order valence-corrected chi connectivity index (χ3v) is 6.08. The van der Waals surface area contributed by atoms with Gasteiger partial charge in [0.1, 0.15) is 5.75 Å². The Kier molecular flexibility index (Phi) is 5.34. The van der Waals surface area contributed by atoms with Crippen LogP contribution in [-0.2, 0) is 13.5 Å². The van der Waals surface area contributed by atoms with Gasteiger partial charge in [0.15, 0.2) is 0 Å². The lowest BCUT2D eigenvalue weighted by Crippen LogP contribution is -2.26. The zero-order chi connectivity index (χ0) is 22.9. The molecule has 0 unspecified atom stereocenters. The normalized spacial score (nSPS) is 14.7. The Morgan fingerprint density at radius 3 is 2.88 bits per heavy atom. The number of aromatic nitrogens is 3. The first-order chi connectivity index (χ1) is 16.0. The van der Waals surface area contributed by atoms with Crippen molar-refractivity contribution in [2.75, 3.05) is 20.2 Å². The highest BCUT2D eigenvalue weighted by Crippen LogP contribution is 2.43. The quantitative estimate of drug-likeness (QED) is 0.427. The zero-order valence-corrected chi connectivity index (χ0v) is 18.5. The average Bonchev–Trinajstić information content (AvgIpc) is 3.57. The molecule has 4 aromatic rings. The Labute approximate surface area is 190 Å². The van der Waals surface area contributed by atoms with E-state index in [0.717, 1.165) is 27.6 Å². The van der Waals surface area contributed by atoms with E-state index in [1.807, 2.05) is 43.7 Å². The van der Waals surface area contributed by atoms with Crippen molar-refractivity contribution in [3.05, 3.63) is 82.8 Å². The summed E-state index contributed by atoms with van der Waals surface area (Å²) in [4.78, 5) is 28.9. The minimum atomic E-state index is -0.281. The Bertz CT molecular complexity index is 1350. The monoisotopic (exact) mass is 443 g/mol. The Morgan fingerprint density at radius 1 is 1.21 bits per heavy atom. The number of H-pyrrole nitrogens is 1. The summed E-state index contributed by atoms with van der Waals surface area (Å²) in [6.07, 6.45) is 6.30. The molecule has 3 N–H and O–H groups in total. The summed E-state index contributed by atoms with van der Waals surface area (Å²) >= 11 is 0. The highest BCUT2D eigenvalue weighted by Gasteiger charge is 2.32. The van der Waals surface area contributed by atoms with Gasteiger partial charge in [-0.15, -0.1) is 0 Å². The van der Waals surface area contributed by atoms with Gasteiger partial charge < -0.3 is 20.4 Å². The van der Waals surface area contributed by atoms with Gasteiger partial charge in [0, 0.05) is 61.0 Å². The van der Waals surface area contributed by atoms with E-state index in [0.29, 0.717) is 36.4 Å². The maximum atomic E-state index is 13.0. The minimum Gasteiger partial charge on any atom is -0.491 e. The predicted octanol–water partition coefficient (Wildman–Crippen LogP) is 2.76. The van der Waals surface area contributed by atoms with Crippen molar-refractivity contribution in [3.63, 3.8) is 0 Å². The van der Waals surface area contributed by atoms with E-state index in [2.05, 4.69) is 26.8 Å². The molecule has 1 aliphatic heterocycles. The molecular formula is C25H25N5O3. The van der Waals surface area contributed by atoms with Crippen molar-refractivity contribution in [1.29, 1.82) is 0 Å². The van der Waals surface area contributed by atoms with Crippen molar-refractivity contribution in [2.45, 2.75) is 12.3 Å². The number of nitrogens with one attached hydrogen (secondary N) is 3. The molecule has 2 amide bonds. The number of hydrogen-bond donors (Lipinski definition) is 3. The van der Waals surface area contributed by atoms with Gasteiger partial charge in [0.25, 0.3) is 11.8 Å². The molecule has 2 aromatic heterocycles. The van der Waals surface area contributed by atoms with Crippen LogP contribution in [0.1, 0.15) is 43.3 Å². The maximum absolute atomic E-state index is 13.0. The van der Waals surface area contributed by atoms with Crippen molar-refractivity contribution >= 4 is 22.7 Å². The molecule has 0 saturated heterocycles. The number of fused-ring (bicyclic) bond motifs is 2. The number of amides is 2. The molecule has 0 fully saturated rings. The number of rotatable bonds is 6. The second-order valence-electron chi connectivity index (χ2n) is 8.20. The Morgan fingerprint density at radius 2 is 2.09 bits per heavy atom. The van der Waals surface area contributed by atoms with E-state index in [1.54, 1.807) is 24.0 Å². The summed E-state index contributed by atoms with van der Waals surface area (Å²) in [7, 11) is 3.43. The molecule has 0 radical (unpaired) electrons. The molecule has 0 saturated carbocycles. The molecule has 0 spiro atoms. The summed E-state index contributed by atoms with van der Waals surface area (Å²) in [5.41, 5.74) is 4.85. The van der Waals surface area contributed by atoms with Gasteiger partial charge in [0.2, 0.25) is 0 Å². The average molecular weight is 444 g/mol. The van der Waals surface area contributed by atoms with E-state index in [1.165, 1.54) is 0 Å². The molecule has 5 rings (SSSR count). The maximum Gasteiger partial charge on any atom is 0.254 e. The first-order valence-corrected chi connectivity index (χ1v) is 10.9. The zero-order valence-electron chi connectivity index (χ0n) is 18.5. The smallest absolute Gasteiger partial charge is 0.254 e. The van der Waals surface area contributed by atoms with Crippen molar-refractivity contribution < 1.29 is 14.3 Å². The number of carbonyl (C=O) groups excluding carboxylic acids is 2. The Balaban J connectivity index is 1.47. The van der Waals surface area contributed by atoms with Crippen LogP contribution in [0.5, 0.6) is 5.75 Å². The topological polar surface area (TPSA) is 101 Å². The third kappa shape index (κ3) is 3.84. The lowest BCUT2D eigenvalue weighted by molar-refractivity contribution is 0.0954. The van der Waals surface area contributed by atoms with Gasteiger partial charge >= 0.3 is 0 Å². The molecule has 2 aromatic carbocycles. The fourth-order valence-corrected chi connectivity index (χ4v) is 4.46. The fraction of sp³-hybridized carbons (Fsp3) is 0.240. The standard InChI is InChI=1S/C25H25N5O3/c1-26-25(32)20-11-16(24(31)28-8-6-15-12-29-30(2)13-15)10-19-21(14-33-23(19)20)17-4-3-5-22-18(17)7-9-27-22/h3-5,7,9-13,21,27H,6,8,14H2,1-2H3,(H,26,32)(H,28,31)/t21-/m1/s1. The fourth-order valence-electron chi connectivity index (χ4n) is 4.46. The van der Waals surface area contributed by atoms with E-state index in [9.17, 15) is 9.59 Å². The Hall–Kier alpha value is -4.07. The second kappa shape index (κ2) is 8.46. The van der Waals surface area contributed by atoms with Crippen molar-refractivity contribution in [2.24, 2.45) is 7.05 Å². The summed E-state index contributed by atoms with van der Waals surface area (Å²) < 4.78 is 7.74. The highest BCUT2D eigenvalue weighted by atomic mass is 16.5. The van der Waals surface area contributed by atoms with Crippen LogP contribution in [0.2, 0.25) is 0 Å². The number of ether oxygens (including phenoxy) is 1. The number of aryl methyl sites for hydroxylation is 1. The number of hydrogen-bond acceptors (Lipinski definition) is 4. The van der Waals surface area contributed by atoms with E-state index in [4.69, 9.17) is 4.74 Å². The molecule has 0 bridgehead atoms. The van der Waals surface area contributed by atoms with Crippen molar-refractivity contribution in [3.8, 4) is 5.75 Å². The van der Waals surface area contributed by atoms with Gasteiger partial charge in [0.05, 0.1) is 18.4 Å². The first kappa shape index (κ1) is 20.8. The molecule has 8 nitrogen and oxygen atoms in total. The molecule has 0 aliphatic carbocycles. The minimum absolute atomic E-state index is 0.0777. The molecule has 1 atom stereocenters. The first-order valence-electron chi connectivity index (χ1n) is 10.9. The van der Waals surface area contributed by atoms with Gasteiger partial charge in [-0.05, 0) is 41.8 Å². The lowest BCUT2D eigenvalue weighted by Gasteiger charge is -2.14. The summed E-state index contributed by atoms with van der Waals surface area (Å²) in [6.45, 7) is 0.884. The predicted molar refractivity (Wildman–Crippen MR) is 125 cm³/mol. The van der Waals surface area contributed by atoms with Crippen LogP contribution in [0.15, 0.2) is 55.0 Å².